The van der Waals surface area contributed by atoms with Crippen molar-refractivity contribution in [1.29, 1.82) is 0 Å². The molecule has 0 aromatic heterocycles. The summed E-state index contributed by atoms with van der Waals surface area (Å²) < 4.78 is 10.5. The monoisotopic (exact) mass is 252 g/mol. The number of primary amides is 1. The molecule has 0 aliphatic rings. The third-order valence-corrected chi connectivity index (χ3v) is 2.83. The summed E-state index contributed by atoms with van der Waals surface area (Å²) in [7, 11) is 3.21. The summed E-state index contributed by atoms with van der Waals surface area (Å²) in [5, 5.41) is 3.11. The normalized spacial score (nSPS) is 13.8. The Morgan fingerprint density at radius 2 is 1.94 bits per heavy atom. The Morgan fingerprint density at radius 3 is 2.44 bits per heavy atom. The van der Waals surface area contributed by atoms with Crippen molar-refractivity contribution in [2.75, 3.05) is 14.2 Å². The average molecular weight is 252 g/mol. The lowest BCUT2D eigenvalue weighted by Gasteiger charge is -2.20. The SMILES string of the molecule is COc1ccc(OC)c(C(C)NC(C)C(N)=O)c1. The van der Waals surface area contributed by atoms with Gasteiger partial charge in [0.2, 0.25) is 5.91 Å². The molecule has 0 fully saturated rings. The second-order valence-corrected chi connectivity index (χ2v) is 4.12. The van der Waals surface area contributed by atoms with Crippen LogP contribution >= 0.6 is 0 Å². The lowest BCUT2D eigenvalue weighted by atomic mass is 10.1. The van der Waals surface area contributed by atoms with Crippen molar-refractivity contribution < 1.29 is 14.3 Å². The van der Waals surface area contributed by atoms with Crippen LogP contribution < -0.4 is 20.5 Å². The van der Waals surface area contributed by atoms with E-state index in [0.29, 0.717) is 0 Å². The van der Waals surface area contributed by atoms with Crippen LogP contribution in [0.5, 0.6) is 11.5 Å². The molecule has 0 saturated carbocycles. The molecule has 18 heavy (non-hydrogen) atoms. The molecule has 0 bridgehead atoms. The highest BCUT2D eigenvalue weighted by Gasteiger charge is 2.17. The first-order chi connectivity index (χ1) is 8.49. The maximum Gasteiger partial charge on any atom is 0.234 e. The van der Waals surface area contributed by atoms with Gasteiger partial charge in [-0.2, -0.15) is 0 Å². The summed E-state index contributed by atoms with van der Waals surface area (Å²) in [6.45, 7) is 3.67. The van der Waals surface area contributed by atoms with Crippen molar-refractivity contribution in [2.45, 2.75) is 25.9 Å². The highest BCUT2D eigenvalue weighted by molar-refractivity contribution is 5.79. The predicted octanol–water partition coefficient (Wildman–Crippen LogP) is 1.23. The minimum Gasteiger partial charge on any atom is -0.497 e. The first kappa shape index (κ1) is 14.3. The number of nitrogens with two attached hydrogens (primary N) is 1. The van der Waals surface area contributed by atoms with Crippen LogP contribution in [0.15, 0.2) is 18.2 Å². The van der Waals surface area contributed by atoms with Gasteiger partial charge in [0.1, 0.15) is 11.5 Å². The number of rotatable bonds is 6. The van der Waals surface area contributed by atoms with Crippen LogP contribution in [0.1, 0.15) is 25.5 Å². The summed E-state index contributed by atoms with van der Waals surface area (Å²) in [5.74, 6) is 1.10. The van der Waals surface area contributed by atoms with E-state index in [2.05, 4.69) is 5.32 Å². The number of amides is 1. The molecule has 3 N–H and O–H groups in total. The molecule has 5 nitrogen and oxygen atoms in total. The second-order valence-electron chi connectivity index (χ2n) is 4.12. The zero-order valence-electron chi connectivity index (χ0n) is 11.2. The highest BCUT2D eigenvalue weighted by Crippen LogP contribution is 2.29. The fourth-order valence-electron chi connectivity index (χ4n) is 1.72. The third kappa shape index (κ3) is 3.37. The molecule has 0 spiro atoms. The van der Waals surface area contributed by atoms with Gasteiger partial charge in [0, 0.05) is 11.6 Å². The molecule has 5 heteroatoms. The molecule has 0 heterocycles. The van der Waals surface area contributed by atoms with Crippen LogP contribution in [0.4, 0.5) is 0 Å². The molecule has 0 saturated heterocycles. The van der Waals surface area contributed by atoms with E-state index in [4.69, 9.17) is 15.2 Å². The zero-order chi connectivity index (χ0) is 13.7. The van der Waals surface area contributed by atoms with Gasteiger partial charge in [-0.1, -0.05) is 0 Å². The molecule has 1 aromatic carbocycles. The summed E-state index contributed by atoms with van der Waals surface area (Å²) in [6, 6.07) is 5.06. The van der Waals surface area contributed by atoms with E-state index in [0.717, 1.165) is 17.1 Å². The van der Waals surface area contributed by atoms with E-state index < -0.39 is 6.04 Å². The maximum absolute atomic E-state index is 11.0. The number of carbonyl (C=O) groups is 1. The van der Waals surface area contributed by atoms with Gasteiger partial charge in [0.05, 0.1) is 20.3 Å². The summed E-state index contributed by atoms with van der Waals surface area (Å²) in [4.78, 5) is 11.0. The first-order valence-electron chi connectivity index (χ1n) is 5.76. The molecular weight excluding hydrogens is 232 g/mol. The highest BCUT2D eigenvalue weighted by atomic mass is 16.5. The van der Waals surface area contributed by atoms with Gasteiger partial charge < -0.3 is 15.2 Å². The lowest BCUT2D eigenvalue weighted by molar-refractivity contribution is -0.119. The Hall–Kier alpha value is -1.75. The number of hydrogen-bond acceptors (Lipinski definition) is 4. The van der Waals surface area contributed by atoms with Gasteiger partial charge >= 0.3 is 0 Å². The van der Waals surface area contributed by atoms with Crippen molar-refractivity contribution in [3.8, 4) is 11.5 Å². The van der Waals surface area contributed by atoms with E-state index in [1.54, 1.807) is 21.1 Å². The molecular formula is C13H20N2O3. The van der Waals surface area contributed by atoms with E-state index in [1.165, 1.54) is 0 Å². The van der Waals surface area contributed by atoms with Crippen molar-refractivity contribution in [2.24, 2.45) is 5.73 Å². The van der Waals surface area contributed by atoms with Gasteiger partial charge in [-0.3, -0.25) is 10.1 Å². The smallest absolute Gasteiger partial charge is 0.234 e. The molecule has 1 aromatic rings. The number of hydrogen-bond donors (Lipinski definition) is 2. The maximum atomic E-state index is 11.0. The van der Waals surface area contributed by atoms with Crippen LogP contribution in [0.3, 0.4) is 0 Å². The van der Waals surface area contributed by atoms with Gasteiger partial charge in [-0.25, -0.2) is 0 Å². The lowest BCUT2D eigenvalue weighted by Crippen LogP contribution is -2.40. The molecule has 1 rings (SSSR count). The fraction of sp³-hybridized carbons (Fsp3) is 0.462. The summed E-state index contributed by atoms with van der Waals surface area (Å²) in [5.41, 5.74) is 6.15. The Kier molecular flexibility index (Phi) is 4.97. The second kappa shape index (κ2) is 6.26. The third-order valence-electron chi connectivity index (χ3n) is 2.83. The quantitative estimate of drug-likeness (QED) is 0.798. The molecule has 0 radical (unpaired) electrons. The van der Waals surface area contributed by atoms with Crippen LogP contribution in [0.25, 0.3) is 0 Å². The van der Waals surface area contributed by atoms with Crippen molar-refractivity contribution in [1.82, 2.24) is 5.32 Å². The van der Waals surface area contributed by atoms with Gasteiger partial charge in [-0.15, -0.1) is 0 Å². The number of benzene rings is 1. The van der Waals surface area contributed by atoms with E-state index in [9.17, 15) is 4.79 Å². The predicted molar refractivity (Wildman–Crippen MR) is 69.8 cm³/mol. The fourth-order valence-corrected chi connectivity index (χ4v) is 1.72. The van der Waals surface area contributed by atoms with E-state index >= 15 is 0 Å². The first-order valence-corrected chi connectivity index (χ1v) is 5.76. The number of nitrogens with one attached hydrogen (secondary N) is 1. The van der Waals surface area contributed by atoms with Crippen molar-refractivity contribution in [3.63, 3.8) is 0 Å². The van der Waals surface area contributed by atoms with Crippen LogP contribution in [0, 0.1) is 0 Å². The molecule has 1 amide bonds. The minimum atomic E-state index is -0.407. The van der Waals surface area contributed by atoms with Crippen molar-refractivity contribution >= 4 is 5.91 Å². The number of carbonyl (C=O) groups excluding carboxylic acids is 1. The number of methoxy groups -OCH3 is 2. The standard InChI is InChI=1S/C13H20N2O3/c1-8(15-9(2)13(14)16)11-7-10(17-3)5-6-12(11)18-4/h5-9,15H,1-4H3,(H2,14,16). The molecule has 0 aliphatic heterocycles. The molecule has 2 atom stereocenters. The molecule has 100 valence electrons. The summed E-state index contributed by atoms with van der Waals surface area (Å²) >= 11 is 0. The average Bonchev–Trinajstić information content (AvgIpc) is 2.37. The van der Waals surface area contributed by atoms with E-state index in [1.807, 2.05) is 25.1 Å². The van der Waals surface area contributed by atoms with Crippen LogP contribution in [-0.2, 0) is 4.79 Å². The minimum absolute atomic E-state index is 0.0717. The Morgan fingerprint density at radius 1 is 1.28 bits per heavy atom. The largest absolute Gasteiger partial charge is 0.497 e. The Balaban J connectivity index is 2.95. The van der Waals surface area contributed by atoms with Gasteiger partial charge in [-0.05, 0) is 32.0 Å². The Bertz CT molecular complexity index is 421. The van der Waals surface area contributed by atoms with Crippen LogP contribution in [0.2, 0.25) is 0 Å². The number of ether oxygens (including phenoxy) is 2. The van der Waals surface area contributed by atoms with Gasteiger partial charge in [0.25, 0.3) is 0 Å². The topological polar surface area (TPSA) is 73.6 Å². The van der Waals surface area contributed by atoms with Crippen LogP contribution in [-0.4, -0.2) is 26.2 Å². The zero-order valence-corrected chi connectivity index (χ0v) is 11.2. The summed E-state index contributed by atoms with van der Waals surface area (Å²) in [6.07, 6.45) is 0. The van der Waals surface area contributed by atoms with Crippen molar-refractivity contribution in [3.05, 3.63) is 23.8 Å². The van der Waals surface area contributed by atoms with Gasteiger partial charge in [0.15, 0.2) is 0 Å². The molecule has 0 aliphatic carbocycles. The Labute approximate surface area is 107 Å². The van der Waals surface area contributed by atoms with E-state index in [-0.39, 0.29) is 11.9 Å². The molecule has 2 unspecified atom stereocenters.